The largest absolute Gasteiger partial charge is 0.496 e. The summed E-state index contributed by atoms with van der Waals surface area (Å²) in [6.45, 7) is 5.69. The fraction of sp³-hybridized carbons (Fsp3) is 0.375. The molecule has 8 heteroatoms. The molecule has 32 heavy (non-hydrogen) atoms. The number of carbonyl (C=O) groups excluding carboxylic acids is 2. The zero-order valence-electron chi connectivity index (χ0n) is 18.8. The molecule has 2 amide bonds. The normalized spacial score (nSPS) is 17.7. The lowest BCUT2D eigenvalue weighted by Crippen LogP contribution is -2.43. The molecule has 3 N–H and O–H groups in total. The highest BCUT2D eigenvalue weighted by atomic mass is 16.5. The summed E-state index contributed by atoms with van der Waals surface area (Å²) in [5.74, 6) is -0.760. The molecule has 2 aromatic rings. The molecule has 1 aliphatic heterocycles. The Morgan fingerprint density at radius 3 is 2.25 bits per heavy atom. The van der Waals surface area contributed by atoms with Gasteiger partial charge in [-0.05, 0) is 18.1 Å². The maximum atomic E-state index is 13.3. The van der Waals surface area contributed by atoms with E-state index < -0.39 is 24.1 Å². The third-order valence-corrected chi connectivity index (χ3v) is 4.71. The van der Waals surface area contributed by atoms with Gasteiger partial charge in [0.15, 0.2) is 0 Å². The number of fused-ring (bicyclic) bond motifs is 1. The average molecular weight is 443 g/mol. The zero-order valence-corrected chi connectivity index (χ0v) is 18.8. The molecule has 8 nitrogen and oxygen atoms in total. The SMILES string of the molecule is CC(=O)O.COc1ccccc1C1OC(CC(N)=O)C(=O)N(CC(C)C)c2ccccc21. The lowest BCUT2D eigenvalue weighted by Gasteiger charge is -2.26. The molecule has 0 radical (unpaired) electrons. The second-order valence-corrected chi connectivity index (χ2v) is 7.84. The number of nitrogens with two attached hydrogens (primary N) is 1. The minimum Gasteiger partial charge on any atom is -0.496 e. The van der Waals surface area contributed by atoms with Gasteiger partial charge in [0.25, 0.3) is 11.9 Å². The van der Waals surface area contributed by atoms with Crippen molar-refractivity contribution in [3.05, 3.63) is 59.7 Å². The van der Waals surface area contributed by atoms with Crippen LogP contribution in [0.4, 0.5) is 5.69 Å². The Morgan fingerprint density at radius 1 is 1.12 bits per heavy atom. The van der Waals surface area contributed by atoms with Crippen molar-refractivity contribution in [3.8, 4) is 5.75 Å². The van der Waals surface area contributed by atoms with E-state index in [4.69, 9.17) is 25.1 Å². The molecule has 0 aromatic heterocycles. The van der Waals surface area contributed by atoms with Crippen LogP contribution >= 0.6 is 0 Å². The van der Waals surface area contributed by atoms with Crippen LogP contribution in [0.2, 0.25) is 0 Å². The Balaban J connectivity index is 0.000000837. The molecule has 2 unspecified atom stereocenters. The molecule has 1 aliphatic rings. The van der Waals surface area contributed by atoms with Crippen molar-refractivity contribution >= 4 is 23.5 Å². The van der Waals surface area contributed by atoms with Crippen molar-refractivity contribution in [2.75, 3.05) is 18.6 Å². The van der Waals surface area contributed by atoms with E-state index in [1.54, 1.807) is 12.0 Å². The Kier molecular flexibility index (Phi) is 8.78. The van der Waals surface area contributed by atoms with E-state index in [1.807, 2.05) is 62.4 Å². The fourth-order valence-corrected chi connectivity index (χ4v) is 3.54. The summed E-state index contributed by atoms with van der Waals surface area (Å²) in [5.41, 5.74) is 7.85. The minimum absolute atomic E-state index is 0.174. The first kappa shape index (κ1) is 24.9. The summed E-state index contributed by atoms with van der Waals surface area (Å²) < 4.78 is 11.7. The first-order valence-corrected chi connectivity index (χ1v) is 10.3. The topological polar surface area (TPSA) is 119 Å². The number of rotatable bonds is 6. The smallest absolute Gasteiger partial charge is 0.300 e. The van der Waals surface area contributed by atoms with Gasteiger partial charge in [-0.25, -0.2) is 0 Å². The van der Waals surface area contributed by atoms with E-state index in [0.29, 0.717) is 12.3 Å². The molecular weight excluding hydrogens is 412 g/mol. The second kappa shape index (κ2) is 11.3. The summed E-state index contributed by atoms with van der Waals surface area (Å²) in [5, 5.41) is 7.42. The van der Waals surface area contributed by atoms with Crippen LogP contribution in [-0.2, 0) is 19.1 Å². The molecule has 0 aliphatic carbocycles. The van der Waals surface area contributed by atoms with E-state index in [9.17, 15) is 9.59 Å². The van der Waals surface area contributed by atoms with Gasteiger partial charge in [-0.3, -0.25) is 14.4 Å². The van der Waals surface area contributed by atoms with E-state index in [-0.39, 0.29) is 18.2 Å². The van der Waals surface area contributed by atoms with Crippen LogP contribution in [0.5, 0.6) is 5.75 Å². The van der Waals surface area contributed by atoms with E-state index in [0.717, 1.165) is 23.7 Å². The number of hydrogen-bond donors (Lipinski definition) is 2. The first-order valence-electron chi connectivity index (χ1n) is 10.3. The minimum atomic E-state index is -0.960. The Labute approximate surface area is 187 Å². The van der Waals surface area contributed by atoms with Gasteiger partial charge in [-0.15, -0.1) is 0 Å². The number of aliphatic carboxylic acids is 1. The maximum absolute atomic E-state index is 13.3. The number of amides is 2. The first-order chi connectivity index (χ1) is 15.1. The van der Waals surface area contributed by atoms with Gasteiger partial charge in [-0.1, -0.05) is 50.2 Å². The number of para-hydroxylation sites is 2. The number of carboxylic acid groups (broad SMARTS) is 1. The maximum Gasteiger partial charge on any atom is 0.300 e. The van der Waals surface area contributed by atoms with Crippen LogP contribution in [0.3, 0.4) is 0 Å². The van der Waals surface area contributed by atoms with Gasteiger partial charge in [0.2, 0.25) is 5.91 Å². The van der Waals surface area contributed by atoms with Crippen molar-refractivity contribution in [2.24, 2.45) is 11.7 Å². The fourth-order valence-electron chi connectivity index (χ4n) is 3.54. The number of methoxy groups -OCH3 is 1. The third kappa shape index (κ3) is 6.31. The summed E-state index contributed by atoms with van der Waals surface area (Å²) in [7, 11) is 1.60. The van der Waals surface area contributed by atoms with Crippen molar-refractivity contribution in [2.45, 2.75) is 39.4 Å². The lowest BCUT2D eigenvalue weighted by atomic mass is 9.98. The number of nitrogens with zero attached hydrogens (tertiary/aromatic N) is 1. The summed E-state index contributed by atoms with van der Waals surface area (Å²) in [6.07, 6.45) is -1.69. The second-order valence-electron chi connectivity index (χ2n) is 7.84. The molecule has 2 aromatic carbocycles. The number of hydrogen-bond acceptors (Lipinski definition) is 5. The molecule has 1 heterocycles. The van der Waals surface area contributed by atoms with Crippen LogP contribution in [0.15, 0.2) is 48.5 Å². The number of carbonyl (C=O) groups is 3. The van der Waals surface area contributed by atoms with Gasteiger partial charge in [-0.2, -0.15) is 0 Å². The van der Waals surface area contributed by atoms with Crippen molar-refractivity contribution in [1.29, 1.82) is 0 Å². The highest BCUT2D eigenvalue weighted by molar-refractivity contribution is 6.00. The summed E-state index contributed by atoms with van der Waals surface area (Å²) >= 11 is 0. The Morgan fingerprint density at radius 2 is 1.69 bits per heavy atom. The summed E-state index contributed by atoms with van der Waals surface area (Å²) in [4.78, 5) is 35.6. The molecule has 3 rings (SSSR count). The van der Waals surface area contributed by atoms with Crippen LogP contribution in [0, 0.1) is 5.92 Å². The van der Waals surface area contributed by atoms with Gasteiger partial charge in [0, 0.05) is 30.3 Å². The van der Waals surface area contributed by atoms with Crippen molar-refractivity contribution in [3.63, 3.8) is 0 Å². The van der Waals surface area contributed by atoms with Crippen LogP contribution < -0.4 is 15.4 Å². The monoisotopic (exact) mass is 442 g/mol. The van der Waals surface area contributed by atoms with Gasteiger partial charge >= 0.3 is 0 Å². The number of primary amides is 1. The standard InChI is InChI=1S/C22H26N2O4.C2H4O2/c1-14(2)13-24-17-10-6-4-8-15(17)21(16-9-5-7-11-18(16)27-3)28-19(22(24)26)12-20(23)25;1-2(3)4/h4-11,14,19,21H,12-13H2,1-3H3,(H2,23,25);1H3,(H,3,4). The lowest BCUT2D eigenvalue weighted by molar-refractivity contribution is -0.137. The van der Waals surface area contributed by atoms with E-state index >= 15 is 0 Å². The van der Waals surface area contributed by atoms with Crippen LogP contribution in [0.1, 0.15) is 44.4 Å². The van der Waals surface area contributed by atoms with E-state index in [1.165, 1.54) is 0 Å². The summed E-state index contributed by atoms with van der Waals surface area (Å²) in [6, 6.07) is 15.2. The van der Waals surface area contributed by atoms with Gasteiger partial charge in [0.1, 0.15) is 18.0 Å². The molecule has 2 atom stereocenters. The van der Waals surface area contributed by atoms with Crippen LogP contribution in [0.25, 0.3) is 0 Å². The van der Waals surface area contributed by atoms with Crippen LogP contribution in [-0.4, -0.2) is 42.6 Å². The number of benzene rings is 2. The molecule has 0 fully saturated rings. The number of carboxylic acids is 1. The molecule has 0 bridgehead atoms. The molecule has 0 saturated heterocycles. The number of ether oxygens (including phenoxy) is 2. The zero-order chi connectivity index (χ0) is 23.8. The predicted octanol–water partition coefficient (Wildman–Crippen LogP) is 3.14. The highest BCUT2D eigenvalue weighted by Gasteiger charge is 2.38. The molecular formula is C24H30N2O6. The highest BCUT2D eigenvalue weighted by Crippen LogP contribution is 2.41. The Hall–Kier alpha value is -3.39. The predicted molar refractivity (Wildman–Crippen MR) is 120 cm³/mol. The quantitative estimate of drug-likeness (QED) is 0.709. The van der Waals surface area contributed by atoms with Crippen molar-refractivity contribution < 1.29 is 29.0 Å². The Bertz CT molecular complexity index is 955. The average Bonchev–Trinajstić information content (AvgIpc) is 2.83. The number of anilines is 1. The third-order valence-electron chi connectivity index (χ3n) is 4.71. The molecule has 0 saturated carbocycles. The molecule has 0 spiro atoms. The van der Waals surface area contributed by atoms with Gasteiger partial charge in [0.05, 0.1) is 13.5 Å². The molecule has 172 valence electrons. The van der Waals surface area contributed by atoms with E-state index in [2.05, 4.69) is 0 Å². The van der Waals surface area contributed by atoms with Crippen molar-refractivity contribution in [1.82, 2.24) is 0 Å². The van der Waals surface area contributed by atoms with Gasteiger partial charge < -0.3 is 25.2 Å².